The Morgan fingerprint density at radius 3 is 2.28 bits per heavy atom. The second-order valence-electron chi connectivity index (χ2n) is 5.69. The van der Waals surface area contributed by atoms with Gasteiger partial charge in [-0.3, -0.25) is 0 Å². The maximum Gasteiger partial charge on any atom is 0.127 e. The highest BCUT2D eigenvalue weighted by Gasteiger charge is 2.21. The first-order chi connectivity index (χ1) is 8.41. The van der Waals surface area contributed by atoms with Crippen LogP contribution in [-0.4, -0.2) is 9.55 Å². The van der Waals surface area contributed by atoms with Crippen LogP contribution in [-0.2, 0) is 5.54 Å². The monoisotopic (exact) mass is 243 g/mol. The molecule has 1 aromatic carbocycles. The van der Waals surface area contributed by atoms with E-state index < -0.39 is 0 Å². The minimum atomic E-state index is -0.0360. The van der Waals surface area contributed by atoms with E-state index in [9.17, 15) is 0 Å². The maximum absolute atomic E-state index is 6.23. The molecule has 0 aliphatic rings. The van der Waals surface area contributed by atoms with E-state index in [4.69, 9.17) is 5.73 Å². The molecule has 0 aliphatic heterocycles. The van der Waals surface area contributed by atoms with Crippen LogP contribution in [0.15, 0.2) is 36.7 Å². The first-order valence-corrected chi connectivity index (χ1v) is 6.29. The van der Waals surface area contributed by atoms with Crippen molar-refractivity contribution in [2.75, 3.05) is 5.73 Å². The molecule has 18 heavy (non-hydrogen) atoms. The SMILES string of the molecule is CC(c1ccccc1)c1ncn(C(C)(C)C)c1N. The standard InChI is InChI=1S/C15H21N3/c1-11(12-8-6-5-7-9-12)13-14(16)18(10-17-13)15(2,3)4/h5-11H,16H2,1-4H3. The molecule has 0 bridgehead atoms. The average molecular weight is 243 g/mol. The summed E-state index contributed by atoms with van der Waals surface area (Å²) < 4.78 is 2.03. The zero-order valence-electron chi connectivity index (χ0n) is 11.5. The zero-order chi connectivity index (χ0) is 13.3. The Morgan fingerprint density at radius 2 is 1.78 bits per heavy atom. The molecule has 1 aromatic heterocycles. The third-order valence-corrected chi connectivity index (χ3v) is 3.27. The molecule has 3 heteroatoms. The Bertz CT molecular complexity index is 520. The highest BCUT2D eigenvalue weighted by atomic mass is 15.2. The summed E-state index contributed by atoms with van der Waals surface area (Å²) in [6, 6.07) is 10.3. The van der Waals surface area contributed by atoms with Crippen LogP contribution < -0.4 is 5.73 Å². The molecular formula is C15H21N3. The van der Waals surface area contributed by atoms with E-state index in [1.165, 1.54) is 5.56 Å². The number of nitrogens with zero attached hydrogens (tertiary/aromatic N) is 2. The van der Waals surface area contributed by atoms with Crippen molar-refractivity contribution < 1.29 is 0 Å². The van der Waals surface area contributed by atoms with E-state index in [1.54, 1.807) is 0 Å². The van der Waals surface area contributed by atoms with Crippen molar-refractivity contribution in [3.05, 3.63) is 47.9 Å². The van der Waals surface area contributed by atoms with Gasteiger partial charge in [-0.1, -0.05) is 37.3 Å². The van der Waals surface area contributed by atoms with Gasteiger partial charge in [0.1, 0.15) is 5.82 Å². The van der Waals surface area contributed by atoms with E-state index in [-0.39, 0.29) is 11.5 Å². The largest absolute Gasteiger partial charge is 0.384 e. The van der Waals surface area contributed by atoms with Gasteiger partial charge < -0.3 is 10.3 Å². The molecule has 0 saturated heterocycles. The second-order valence-corrected chi connectivity index (χ2v) is 5.69. The van der Waals surface area contributed by atoms with E-state index >= 15 is 0 Å². The average Bonchev–Trinajstić information content (AvgIpc) is 2.71. The summed E-state index contributed by atoms with van der Waals surface area (Å²) >= 11 is 0. The van der Waals surface area contributed by atoms with Crippen molar-refractivity contribution >= 4 is 5.82 Å². The summed E-state index contributed by atoms with van der Waals surface area (Å²) in [6.07, 6.45) is 1.84. The van der Waals surface area contributed by atoms with Crippen molar-refractivity contribution in [2.45, 2.75) is 39.2 Å². The van der Waals surface area contributed by atoms with Crippen LogP contribution in [0.1, 0.15) is 44.9 Å². The number of hydrogen-bond donors (Lipinski definition) is 1. The first kappa shape index (κ1) is 12.7. The summed E-state index contributed by atoms with van der Waals surface area (Å²) in [7, 11) is 0. The molecule has 1 atom stereocenters. The molecule has 0 fully saturated rings. The molecule has 0 radical (unpaired) electrons. The van der Waals surface area contributed by atoms with E-state index in [2.05, 4.69) is 44.8 Å². The van der Waals surface area contributed by atoms with Gasteiger partial charge in [-0.2, -0.15) is 0 Å². The Kier molecular flexibility index (Phi) is 3.16. The van der Waals surface area contributed by atoms with Crippen LogP contribution >= 0.6 is 0 Å². The second kappa shape index (κ2) is 4.48. The lowest BCUT2D eigenvalue weighted by atomic mass is 9.97. The molecule has 2 aromatic rings. The van der Waals surface area contributed by atoms with Crippen molar-refractivity contribution in [3.63, 3.8) is 0 Å². The predicted octanol–water partition coefficient (Wildman–Crippen LogP) is 3.37. The highest BCUT2D eigenvalue weighted by Crippen LogP contribution is 2.30. The van der Waals surface area contributed by atoms with Gasteiger partial charge in [0, 0.05) is 11.5 Å². The quantitative estimate of drug-likeness (QED) is 0.878. The number of nitrogen functional groups attached to an aromatic ring is 1. The topological polar surface area (TPSA) is 43.8 Å². The lowest BCUT2D eigenvalue weighted by molar-refractivity contribution is 0.402. The van der Waals surface area contributed by atoms with Gasteiger partial charge in [0.2, 0.25) is 0 Å². The van der Waals surface area contributed by atoms with Gasteiger partial charge in [-0.15, -0.1) is 0 Å². The number of nitrogens with two attached hydrogens (primary N) is 1. The summed E-state index contributed by atoms with van der Waals surface area (Å²) in [4.78, 5) is 4.50. The van der Waals surface area contributed by atoms with Crippen molar-refractivity contribution in [1.29, 1.82) is 0 Å². The highest BCUT2D eigenvalue weighted by molar-refractivity contribution is 5.43. The van der Waals surface area contributed by atoms with E-state index in [0.29, 0.717) is 0 Å². The van der Waals surface area contributed by atoms with Crippen LogP contribution in [0.2, 0.25) is 0 Å². The number of aromatic nitrogens is 2. The molecule has 3 nitrogen and oxygen atoms in total. The Hall–Kier alpha value is -1.77. The Morgan fingerprint density at radius 1 is 1.17 bits per heavy atom. The smallest absolute Gasteiger partial charge is 0.127 e. The number of benzene rings is 1. The fourth-order valence-electron chi connectivity index (χ4n) is 2.14. The van der Waals surface area contributed by atoms with Gasteiger partial charge >= 0.3 is 0 Å². The van der Waals surface area contributed by atoms with Crippen LogP contribution in [0.3, 0.4) is 0 Å². The van der Waals surface area contributed by atoms with Crippen LogP contribution in [0.25, 0.3) is 0 Å². The van der Waals surface area contributed by atoms with E-state index in [1.807, 2.05) is 29.1 Å². The molecule has 0 amide bonds. The third-order valence-electron chi connectivity index (χ3n) is 3.27. The minimum Gasteiger partial charge on any atom is -0.384 e. The molecule has 96 valence electrons. The van der Waals surface area contributed by atoms with Crippen LogP contribution in [0.4, 0.5) is 5.82 Å². The van der Waals surface area contributed by atoms with Gasteiger partial charge in [-0.05, 0) is 26.3 Å². The molecule has 2 rings (SSSR count). The van der Waals surface area contributed by atoms with Gasteiger partial charge in [0.25, 0.3) is 0 Å². The van der Waals surface area contributed by atoms with Crippen LogP contribution in [0.5, 0.6) is 0 Å². The summed E-state index contributed by atoms with van der Waals surface area (Å²) in [6.45, 7) is 8.52. The molecule has 0 saturated carbocycles. The predicted molar refractivity (Wildman–Crippen MR) is 75.6 cm³/mol. The summed E-state index contributed by atoms with van der Waals surface area (Å²) in [5.74, 6) is 0.980. The fraction of sp³-hybridized carbons (Fsp3) is 0.400. The lowest BCUT2D eigenvalue weighted by Crippen LogP contribution is -2.22. The zero-order valence-corrected chi connectivity index (χ0v) is 11.5. The molecular weight excluding hydrogens is 222 g/mol. The van der Waals surface area contributed by atoms with Crippen molar-refractivity contribution in [1.82, 2.24) is 9.55 Å². The number of imidazole rings is 1. The number of anilines is 1. The minimum absolute atomic E-state index is 0.0360. The normalized spacial score (nSPS) is 13.6. The molecule has 2 N–H and O–H groups in total. The van der Waals surface area contributed by atoms with Crippen molar-refractivity contribution in [2.24, 2.45) is 0 Å². The van der Waals surface area contributed by atoms with Gasteiger partial charge in [0.15, 0.2) is 0 Å². The molecule has 0 spiro atoms. The summed E-state index contributed by atoms with van der Waals surface area (Å²) in [5.41, 5.74) is 8.39. The van der Waals surface area contributed by atoms with E-state index in [0.717, 1.165) is 11.5 Å². The summed E-state index contributed by atoms with van der Waals surface area (Å²) in [5, 5.41) is 0. The number of hydrogen-bond acceptors (Lipinski definition) is 2. The van der Waals surface area contributed by atoms with Gasteiger partial charge in [0.05, 0.1) is 12.0 Å². The molecule has 1 unspecified atom stereocenters. The van der Waals surface area contributed by atoms with Gasteiger partial charge in [-0.25, -0.2) is 4.98 Å². The number of rotatable bonds is 2. The first-order valence-electron chi connectivity index (χ1n) is 6.29. The molecule has 1 heterocycles. The Labute approximate surface area is 109 Å². The third kappa shape index (κ3) is 2.26. The van der Waals surface area contributed by atoms with Crippen LogP contribution in [0, 0.1) is 0 Å². The maximum atomic E-state index is 6.23. The fourth-order valence-corrected chi connectivity index (χ4v) is 2.14. The Balaban J connectivity index is 2.39. The lowest BCUT2D eigenvalue weighted by Gasteiger charge is -2.22. The van der Waals surface area contributed by atoms with Crippen molar-refractivity contribution in [3.8, 4) is 0 Å². The molecule has 0 aliphatic carbocycles.